The smallest absolute Gasteiger partial charge is 0.334 e. The average Bonchev–Trinajstić information content (AvgIpc) is 2.97. The number of nitrogens with one attached hydrogen (secondary N) is 1. The van der Waals surface area contributed by atoms with Crippen molar-refractivity contribution >= 4 is 17.8 Å². The van der Waals surface area contributed by atoms with Gasteiger partial charge in [0.15, 0.2) is 0 Å². The van der Waals surface area contributed by atoms with Gasteiger partial charge in [-0.25, -0.2) is 9.59 Å². The summed E-state index contributed by atoms with van der Waals surface area (Å²) in [5, 5.41) is 2.72. The Bertz CT molecular complexity index is 722. The Morgan fingerprint density at radius 1 is 1.21 bits per heavy atom. The van der Waals surface area contributed by atoms with Gasteiger partial charge in [0.05, 0.1) is 0 Å². The van der Waals surface area contributed by atoms with E-state index in [-0.39, 0.29) is 29.3 Å². The van der Waals surface area contributed by atoms with Crippen LogP contribution in [0.2, 0.25) is 0 Å². The lowest BCUT2D eigenvalue weighted by Gasteiger charge is -2.56. The van der Waals surface area contributed by atoms with Crippen LogP contribution >= 0.6 is 0 Å². The molecule has 1 aliphatic heterocycles. The van der Waals surface area contributed by atoms with Crippen LogP contribution < -0.4 is 5.32 Å². The molecule has 4 atom stereocenters. The first-order valence-corrected chi connectivity index (χ1v) is 10.4. The summed E-state index contributed by atoms with van der Waals surface area (Å²) in [6, 6.07) is -0.673. The summed E-state index contributed by atoms with van der Waals surface area (Å²) in [5.74, 6) is -0.633. The first-order valence-electron chi connectivity index (χ1n) is 10.4. The molecule has 0 unspecified atom stereocenters. The molecule has 6 nitrogen and oxygen atoms in total. The molecule has 1 amide bonds. The topological polar surface area (TPSA) is 81.7 Å². The Morgan fingerprint density at radius 3 is 2.50 bits per heavy atom. The zero-order valence-electron chi connectivity index (χ0n) is 17.9. The van der Waals surface area contributed by atoms with Crippen molar-refractivity contribution < 1.29 is 23.9 Å². The molecule has 0 radical (unpaired) electrons. The lowest BCUT2D eigenvalue weighted by molar-refractivity contribution is -0.172. The van der Waals surface area contributed by atoms with E-state index >= 15 is 0 Å². The molecule has 1 fully saturated rings. The number of carbonyl (C=O) groups excluding carboxylic acids is 3. The van der Waals surface area contributed by atoms with Gasteiger partial charge < -0.3 is 14.8 Å². The van der Waals surface area contributed by atoms with Gasteiger partial charge in [-0.15, -0.1) is 0 Å². The number of cyclic esters (lactones) is 1. The van der Waals surface area contributed by atoms with Crippen molar-refractivity contribution in [3.63, 3.8) is 0 Å². The van der Waals surface area contributed by atoms with Gasteiger partial charge in [-0.1, -0.05) is 34.6 Å². The molecule has 0 aromatic heterocycles. The van der Waals surface area contributed by atoms with Crippen molar-refractivity contribution in [1.29, 1.82) is 0 Å². The summed E-state index contributed by atoms with van der Waals surface area (Å²) in [6.07, 6.45) is 2.99. The van der Waals surface area contributed by atoms with Crippen molar-refractivity contribution in [2.75, 3.05) is 6.61 Å². The lowest BCUT2D eigenvalue weighted by Crippen LogP contribution is -2.56. The third-order valence-electron chi connectivity index (χ3n) is 7.22. The van der Waals surface area contributed by atoms with Gasteiger partial charge in [0.2, 0.25) is 5.91 Å². The normalized spacial score (nSPS) is 32.3. The van der Waals surface area contributed by atoms with E-state index < -0.39 is 17.4 Å². The molecule has 0 bridgehead atoms. The van der Waals surface area contributed by atoms with Crippen molar-refractivity contribution in [3.05, 3.63) is 11.1 Å². The first kappa shape index (κ1) is 20.9. The van der Waals surface area contributed by atoms with Crippen molar-refractivity contribution in [2.45, 2.75) is 79.4 Å². The Labute approximate surface area is 167 Å². The molecule has 1 heterocycles. The maximum atomic E-state index is 13.0. The number of amides is 1. The third-order valence-corrected chi connectivity index (χ3v) is 7.22. The number of hydrogen-bond acceptors (Lipinski definition) is 5. The Balaban J connectivity index is 1.93. The average molecular weight is 392 g/mol. The summed E-state index contributed by atoms with van der Waals surface area (Å²) in [7, 11) is 0. The Hall–Kier alpha value is -1.85. The highest BCUT2D eigenvalue weighted by atomic mass is 16.6. The van der Waals surface area contributed by atoms with E-state index in [4.69, 9.17) is 9.47 Å². The minimum Gasteiger partial charge on any atom is -0.460 e. The molecular formula is C22H33NO5. The van der Waals surface area contributed by atoms with Gasteiger partial charge in [0, 0.05) is 17.9 Å². The summed E-state index contributed by atoms with van der Waals surface area (Å²) < 4.78 is 11.4. The summed E-state index contributed by atoms with van der Waals surface area (Å²) >= 11 is 0. The predicted molar refractivity (Wildman–Crippen MR) is 104 cm³/mol. The van der Waals surface area contributed by atoms with E-state index in [1.54, 1.807) is 0 Å². The minimum atomic E-state index is -0.673. The first-order chi connectivity index (χ1) is 13.0. The number of hydrogen-bond donors (Lipinski definition) is 1. The van der Waals surface area contributed by atoms with Gasteiger partial charge in [-0.2, -0.15) is 0 Å². The molecule has 0 aromatic carbocycles. The van der Waals surface area contributed by atoms with Crippen LogP contribution in [-0.2, 0) is 23.9 Å². The van der Waals surface area contributed by atoms with Gasteiger partial charge in [0.1, 0.15) is 18.8 Å². The third kappa shape index (κ3) is 3.35. The number of ether oxygens (including phenoxy) is 2. The largest absolute Gasteiger partial charge is 0.460 e. The van der Waals surface area contributed by atoms with E-state index in [2.05, 4.69) is 26.1 Å². The van der Waals surface area contributed by atoms with Crippen LogP contribution in [0.1, 0.15) is 67.2 Å². The molecule has 0 spiro atoms. The second kappa shape index (κ2) is 7.20. The van der Waals surface area contributed by atoms with Crippen LogP contribution in [0.3, 0.4) is 0 Å². The molecule has 0 saturated heterocycles. The fraction of sp³-hybridized carbons (Fsp3) is 0.773. The Kier molecular flexibility index (Phi) is 5.36. The molecule has 28 heavy (non-hydrogen) atoms. The van der Waals surface area contributed by atoms with Gasteiger partial charge >= 0.3 is 11.9 Å². The molecule has 0 aromatic rings. The predicted octanol–water partition coefficient (Wildman–Crippen LogP) is 3.15. The maximum Gasteiger partial charge on any atom is 0.334 e. The van der Waals surface area contributed by atoms with Crippen LogP contribution in [0.15, 0.2) is 11.1 Å². The monoisotopic (exact) mass is 391 g/mol. The van der Waals surface area contributed by atoms with Gasteiger partial charge in [-0.3, -0.25) is 4.79 Å². The zero-order valence-corrected chi connectivity index (χ0v) is 17.9. The molecule has 6 heteroatoms. The number of esters is 2. The van der Waals surface area contributed by atoms with Crippen LogP contribution in [0, 0.1) is 22.7 Å². The van der Waals surface area contributed by atoms with E-state index in [0.717, 1.165) is 36.8 Å². The summed E-state index contributed by atoms with van der Waals surface area (Å²) in [4.78, 5) is 36.7. The fourth-order valence-electron chi connectivity index (χ4n) is 5.68. The quantitative estimate of drug-likeness (QED) is 0.745. The van der Waals surface area contributed by atoms with Crippen molar-refractivity contribution in [3.8, 4) is 0 Å². The van der Waals surface area contributed by atoms with E-state index in [0.29, 0.717) is 12.5 Å². The van der Waals surface area contributed by atoms with Crippen LogP contribution in [0.5, 0.6) is 0 Å². The highest BCUT2D eigenvalue weighted by Crippen LogP contribution is 2.61. The van der Waals surface area contributed by atoms with Gasteiger partial charge in [0.25, 0.3) is 0 Å². The van der Waals surface area contributed by atoms with E-state index in [1.807, 2.05) is 13.8 Å². The lowest BCUT2D eigenvalue weighted by atomic mass is 9.49. The van der Waals surface area contributed by atoms with Crippen molar-refractivity contribution in [2.24, 2.45) is 22.7 Å². The van der Waals surface area contributed by atoms with E-state index in [9.17, 15) is 14.4 Å². The molecule has 156 valence electrons. The molecule has 1 saturated carbocycles. The summed E-state index contributed by atoms with van der Waals surface area (Å²) in [6.45, 7) is 12.2. The SMILES string of the molecule is CC(=O)N[C@@H](C(=O)O[C@H]1CCC(C)(C)[C@@H]2CCC3=C(COC3=O)[C@@]12C)C(C)C. The molecule has 1 N–H and O–H groups in total. The Morgan fingerprint density at radius 2 is 1.89 bits per heavy atom. The molecule has 3 rings (SSSR count). The number of carbonyl (C=O) groups is 3. The zero-order chi connectivity index (χ0) is 20.9. The minimum absolute atomic E-state index is 0.0717. The van der Waals surface area contributed by atoms with Crippen LogP contribution in [0.25, 0.3) is 0 Å². The van der Waals surface area contributed by atoms with E-state index in [1.165, 1.54) is 6.92 Å². The fourth-order valence-corrected chi connectivity index (χ4v) is 5.68. The maximum absolute atomic E-state index is 13.0. The second-order valence-electron chi connectivity index (χ2n) is 9.78. The number of fused-ring (bicyclic) bond motifs is 2. The molecule has 3 aliphatic rings. The standard InChI is InChI=1S/C22H33NO5/c1-12(2)18(23-13(3)24)20(26)28-17-9-10-21(4,5)16-8-7-14-15(22(16,17)6)11-27-19(14)25/h12,16-18H,7-11H2,1-6H3,(H,23,24)/t16-,17-,18+,22+/m0/s1. The number of rotatable bonds is 4. The van der Waals surface area contributed by atoms with Crippen LogP contribution in [0.4, 0.5) is 0 Å². The molecule has 2 aliphatic carbocycles. The van der Waals surface area contributed by atoms with Crippen molar-refractivity contribution in [1.82, 2.24) is 5.32 Å². The summed E-state index contributed by atoms with van der Waals surface area (Å²) in [5.41, 5.74) is 1.46. The highest BCUT2D eigenvalue weighted by molar-refractivity contribution is 5.92. The second-order valence-corrected chi connectivity index (χ2v) is 9.78. The van der Waals surface area contributed by atoms with Gasteiger partial charge in [-0.05, 0) is 48.5 Å². The van der Waals surface area contributed by atoms with Crippen LogP contribution in [-0.4, -0.2) is 36.6 Å². The molecular weight excluding hydrogens is 358 g/mol. The highest BCUT2D eigenvalue weighted by Gasteiger charge is 2.59.